The minimum absolute atomic E-state index is 0.258. The standard InChI is InChI=1S/C19H33N3O2S/c1-5-24-18(16(2)3)11-12-21-19(20-4)22-13-14-25(23)15-17-9-7-6-8-10-17/h6-10,16,18H,5,11-15H2,1-4H3,(H2,20,21,22). The van der Waals surface area contributed by atoms with Crippen molar-refractivity contribution in [2.75, 3.05) is 32.5 Å². The monoisotopic (exact) mass is 367 g/mol. The Bertz CT molecular complexity index is 521. The van der Waals surface area contributed by atoms with E-state index in [2.05, 4.69) is 29.5 Å². The average Bonchev–Trinajstić information content (AvgIpc) is 2.60. The van der Waals surface area contributed by atoms with Gasteiger partial charge in [-0.2, -0.15) is 0 Å². The van der Waals surface area contributed by atoms with E-state index in [1.807, 2.05) is 37.3 Å². The molecule has 0 aliphatic heterocycles. The summed E-state index contributed by atoms with van der Waals surface area (Å²) in [6.07, 6.45) is 1.19. The van der Waals surface area contributed by atoms with E-state index in [1.54, 1.807) is 7.05 Å². The second-order valence-corrected chi connectivity index (χ2v) is 7.80. The van der Waals surface area contributed by atoms with Gasteiger partial charge >= 0.3 is 0 Å². The van der Waals surface area contributed by atoms with E-state index in [1.165, 1.54) is 0 Å². The number of hydrogen-bond donors (Lipinski definition) is 2. The Balaban J connectivity index is 2.24. The number of hydrogen-bond acceptors (Lipinski definition) is 3. The van der Waals surface area contributed by atoms with E-state index in [0.29, 0.717) is 24.0 Å². The summed E-state index contributed by atoms with van der Waals surface area (Å²) in [5.41, 5.74) is 1.11. The molecule has 0 aliphatic rings. The van der Waals surface area contributed by atoms with Crippen LogP contribution >= 0.6 is 0 Å². The highest BCUT2D eigenvalue weighted by molar-refractivity contribution is 7.84. The molecule has 2 unspecified atom stereocenters. The van der Waals surface area contributed by atoms with Gasteiger partial charge in [0.15, 0.2) is 5.96 Å². The molecule has 0 aliphatic carbocycles. The van der Waals surface area contributed by atoms with Gasteiger partial charge in [0.05, 0.1) is 6.10 Å². The first-order valence-corrected chi connectivity index (χ1v) is 10.5. The summed E-state index contributed by atoms with van der Waals surface area (Å²) in [5, 5.41) is 6.52. The Morgan fingerprint density at radius 1 is 1.20 bits per heavy atom. The molecule has 6 heteroatoms. The quantitative estimate of drug-likeness (QED) is 0.466. The van der Waals surface area contributed by atoms with Crippen molar-refractivity contribution < 1.29 is 8.95 Å². The highest BCUT2D eigenvalue weighted by atomic mass is 32.2. The summed E-state index contributed by atoms with van der Waals surface area (Å²) in [6, 6.07) is 9.94. The molecule has 142 valence electrons. The maximum absolute atomic E-state index is 12.1. The third kappa shape index (κ3) is 9.60. The highest BCUT2D eigenvalue weighted by Crippen LogP contribution is 2.09. The first-order valence-electron chi connectivity index (χ1n) is 9.01. The molecule has 1 aromatic carbocycles. The van der Waals surface area contributed by atoms with Crippen molar-refractivity contribution in [2.45, 2.75) is 39.0 Å². The molecule has 2 N–H and O–H groups in total. The Hall–Kier alpha value is -1.40. The summed E-state index contributed by atoms with van der Waals surface area (Å²) in [5.74, 6) is 2.44. The molecule has 5 nitrogen and oxygen atoms in total. The number of nitrogens with one attached hydrogen (secondary N) is 2. The average molecular weight is 368 g/mol. The summed E-state index contributed by atoms with van der Waals surface area (Å²) in [6.45, 7) is 8.56. The third-order valence-corrected chi connectivity index (χ3v) is 5.18. The molecule has 0 radical (unpaired) electrons. The molecule has 1 rings (SSSR count). The number of ether oxygens (including phenoxy) is 1. The minimum atomic E-state index is -0.877. The molecular formula is C19H33N3O2S. The van der Waals surface area contributed by atoms with Gasteiger partial charge in [0.1, 0.15) is 0 Å². The second-order valence-electron chi connectivity index (χ2n) is 6.23. The van der Waals surface area contributed by atoms with Crippen LogP contribution in [0.3, 0.4) is 0 Å². The molecule has 0 saturated carbocycles. The number of rotatable bonds is 11. The van der Waals surface area contributed by atoms with Crippen LogP contribution in [0.15, 0.2) is 35.3 Å². The maximum Gasteiger partial charge on any atom is 0.191 e. The van der Waals surface area contributed by atoms with Crippen molar-refractivity contribution in [2.24, 2.45) is 10.9 Å². The van der Waals surface area contributed by atoms with Crippen LogP contribution in [0, 0.1) is 5.92 Å². The van der Waals surface area contributed by atoms with Crippen molar-refractivity contribution in [1.29, 1.82) is 0 Å². The van der Waals surface area contributed by atoms with Gasteiger partial charge in [-0.25, -0.2) is 0 Å². The van der Waals surface area contributed by atoms with Crippen LogP contribution in [0.25, 0.3) is 0 Å². The van der Waals surface area contributed by atoms with E-state index >= 15 is 0 Å². The predicted octanol–water partition coefficient (Wildman–Crippen LogP) is 2.55. The van der Waals surface area contributed by atoms with Gasteiger partial charge in [0, 0.05) is 49.0 Å². The molecular weight excluding hydrogens is 334 g/mol. The van der Waals surface area contributed by atoms with Gasteiger partial charge in [-0.15, -0.1) is 0 Å². The van der Waals surface area contributed by atoms with E-state index in [9.17, 15) is 4.21 Å². The van der Waals surface area contributed by atoms with Crippen molar-refractivity contribution in [3.05, 3.63) is 35.9 Å². The Labute approximate surface area is 155 Å². The predicted molar refractivity (Wildman–Crippen MR) is 107 cm³/mol. The van der Waals surface area contributed by atoms with Crippen molar-refractivity contribution in [1.82, 2.24) is 10.6 Å². The topological polar surface area (TPSA) is 62.7 Å². The van der Waals surface area contributed by atoms with Gasteiger partial charge in [-0.1, -0.05) is 44.2 Å². The van der Waals surface area contributed by atoms with Crippen LogP contribution in [0.5, 0.6) is 0 Å². The summed E-state index contributed by atoms with van der Waals surface area (Å²) in [4.78, 5) is 4.21. The zero-order valence-electron chi connectivity index (χ0n) is 16.0. The zero-order valence-corrected chi connectivity index (χ0v) is 16.8. The molecule has 1 aromatic rings. The lowest BCUT2D eigenvalue weighted by Crippen LogP contribution is -2.40. The smallest absolute Gasteiger partial charge is 0.191 e. The maximum atomic E-state index is 12.1. The van der Waals surface area contributed by atoms with Crippen LogP contribution in [0.1, 0.15) is 32.8 Å². The molecule has 0 heterocycles. The highest BCUT2D eigenvalue weighted by Gasteiger charge is 2.13. The van der Waals surface area contributed by atoms with Crippen LogP contribution < -0.4 is 10.6 Å². The lowest BCUT2D eigenvalue weighted by molar-refractivity contribution is 0.0258. The van der Waals surface area contributed by atoms with Gasteiger partial charge < -0.3 is 15.4 Å². The molecule has 0 fully saturated rings. The largest absolute Gasteiger partial charge is 0.378 e. The van der Waals surface area contributed by atoms with E-state index in [-0.39, 0.29) is 6.10 Å². The Morgan fingerprint density at radius 2 is 1.88 bits per heavy atom. The molecule has 0 aromatic heterocycles. The summed E-state index contributed by atoms with van der Waals surface area (Å²) < 4.78 is 17.9. The second kappa shape index (κ2) is 12.9. The fourth-order valence-corrected chi connectivity index (χ4v) is 3.53. The van der Waals surface area contributed by atoms with E-state index in [4.69, 9.17) is 4.74 Å². The molecule has 0 spiro atoms. The molecule has 0 saturated heterocycles. The number of aliphatic imine (C=N–C) groups is 1. The van der Waals surface area contributed by atoms with Crippen molar-refractivity contribution in [3.8, 4) is 0 Å². The normalized spacial score (nSPS) is 14.4. The third-order valence-electron chi connectivity index (χ3n) is 3.86. The fraction of sp³-hybridized carbons (Fsp3) is 0.632. The Morgan fingerprint density at radius 3 is 2.48 bits per heavy atom. The van der Waals surface area contributed by atoms with E-state index < -0.39 is 10.8 Å². The molecule has 25 heavy (non-hydrogen) atoms. The van der Waals surface area contributed by atoms with Gasteiger partial charge in [-0.05, 0) is 24.8 Å². The summed E-state index contributed by atoms with van der Waals surface area (Å²) in [7, 11) is 0.872. The first-order chi connectivity index (χ1) is 12.1. The fourth-order valence-electron chi connectivity index (χ4n) is 2.49. The molecule has 0 bridgehead atoms. The minimum Gasteiger partial charge on any atom is -0.378 e. The van der Waals surface area contributed by atoms with Gasteiger partial charge in [0.25, 0.3) is 0 Å². The molecule has 2 atom stereocenters. The SMILES string of the molecule is CCOC(CCNC(=NC)NCCS(=O)Cc1ccccc1)C(C)C. The van der Waals surface area contributed by atoms with Crippen LogP contribution in [0.2, 0.25) is 0 Å². The number of benzene rings is 1. The van der Waals surface area contributed by atoms with Crippen LogP contribution in [-0.4, -0.2) is 48.8 Å². The first kappa shape index (κ1) is 21.6. The zero-order chi connectivity index (χ0) is 18.5. The van der Waals surface area contributed by atoms with Gasteiger partial charge in [0.2, 0.25) is 0 Å². The number of guanidine groups is 1. The van der Waals surface area contributed by atoms with Crippen LogP contribution in [0.4, 0.5) is 0 Å². The number of nitrogens with zero attached hydrogens (tertiary/aromatic N) is 1. The van der Waals surface area contributed by atoms with Crippen molar-refractivity contribution >= 4 is 16.8 Å². The molecule has 0 amide bonds. The van der Waals surface area contributed by atoms with Crippen molar-refractivity contribution in [3.63, 3.8) is 0 Å². The lowest BCUT2D eigenvalue weighted by atomic mass is 10.0. The summed E-state index contributed by atoms with van der Waals surface area (Å²) >= 11 is 0. The van der Waals surface area contributed by atoms with Crippen LogP contribution in [-0.2, 0) is 21.3 Å². The van der Waals surface area contributed by atoms with Gasteiger partial charge in [-0.3, -0.25) is 9.20 Å². The van der Waals surface area contributed by atoms with E-state index in [0.717, 1.165) is 31.1 Å². The Kier molecular flexibility index (Phi) is 11.2. The lowest BCUT2D eigenvalue weighted by Gasteiger charge is -2.21.